The summed E-state index contributed by atoms with van der Waals surface area (Å²) < 4.78 is 16.3. The summed E-state index contributed by atoms with van der Waals surface area (Å²) in [7, 11) is 3.34. The average Bonchev–Trinajstić information content (AvgIpc) is 2.29. The quantitative estimate of drug-likeness (QED) is 0.322. The molecule has 0 aromatic rings. The van der Waals surface area contributed by atoms with Gasteiger partial charge in [0.15, 0.2) is 0 Å². The lowest BCUT2D eigenvalue weighted by atomic mass is 10.5. The van der Waals surface area contributed by atoms with Gasteiger partial charge >= 0.3 is 0 Å². The van der Waals surface area contributed by atoms with Gasteiger partial charge in [-0.2, -0.15) is 0 Å². The SMILES string of the molecule is C=CCOC(C[Si])(OCC=C)OCC=C. The van der Waals surface area contributed by atoms with Crippen molar-refractivity contribution in [2.24, 2.45) is 0 Å². The fourth-order valence-electron chi connectivity index (χ4n) is 0.836. The molecule has 0 bridgehead atoms. The first-order chi connectivity index (χ1) is 7.24. The molecule has 3 nitrogen and oxygen atoms in total. The molecule has 0 aliphatic rings. The van der Waals surface area contributed by atoms with Gasteiger partial charge in [0.05, 0.1) is 19.8 Å². The molecule has 4 heteroatoms. The Balaban J connectivity index is 4.34. The van der Waals surface area contributed by atoms with E-state index in [1.54, 1.807) is 18.2 Å². The number of rotatable bonds is 10. The predicted molar refractivity (Wildman–Crippen MR) is 61.7 cm³/mol. The minimum atomic E-state index is -1.10. The molecule has 0 aromatic carbocycles. The monoisotopic (exact) mass is 225 g/mol. The van der Waals surface area contributed by atoms with Crippen LogP contribution >= 0.6 is 0 Å². The summed E-state index contributed by atoms with van der Waals surface area (Å²) in [5.74, 6) is -1.10. The van der Waals surface area contributed by atoms with Crippen molar-refractivity contribution >= 4 is 10.2 Å². The van der Waals surface area contributed by atoms with Gasteiger partial charge in [0.2, 0.25) is 0 Å². The summed E-state index contributed by atoms with van der Waals surface area (Å²) in [5, 5.41) is 0. The molecule has 0 N–H and O–H groups in total. The minimum absolute atomic E-state index is 0.346. The molecule has 0 aromatic heterocycles. The molecule has 0 fully saturated rings. The molecule has 15 heavy (non-hydrogen) atoms. The Morgan fingerprint density at radius 2 is 1.20 bits per heavy atom. The number of hydrogen-bond acceptors (Lipinski definition) is 3. The molecule has 0 saturated heterocycles. The van der Waals surface area contributed by atoms with Crippen LogP contribution in [0.15, 0.2) is 38.0 Å². The summed E-state index contributed by atoms with van der Waals surface area (Å²) in [6.07, 6.45) is 4.89. The van der Waals surface area contributed by atoms with E-state index < -0.39 is 5.97 Å². The first-order valence-electron chi connectivity index (χ1n) is 4.63. The molecule has 0 aliphatic heterocycles. The van der Waals surface area contributed by atoms with E-state index in [2.05, 4.69) is 30.0 Å². The molecule has 0 aliphatic carbocycles. The standard InChI is InChI=1S/C11H17O3Si/c1-4-7-12-11(10-15,13-8-5-2)14-9-6-3/h4-6H,1-3,7-10H2. The van der Waals surface area contributed by atoms with Crippen molar-refractivity contribution < 1.29 is 14.2 Å². The molecule has 0 atom stereocenters. The molecule has 0 spiro atoms. The summed E-state index contributed by atoms with van der Waals surface area (Å²) in [5.41, 5.74) is 0. The third-order valence-electron chi connectivity index (χ3n) is 1.48. The molecule has 3 radical (unpaired) electrons. The Morgan fingerprint density at radius 3 is 1.40 bits per heavy atom. The third kappa shape index (κ3) is 5.69. The van der Waals surface area contributed by atoms with E-state index in [9.17, 15) is 0 Å². The van der Waals surface area contributed by atoms with E-state index in [4.69, 9.17) is 14.2 Å². The van der Waals surface area contributed by atoms with Crippen molar-refractivity contribution in [2.75, 3.05) is 19.8 Å². The maximum absolute atomic E-state index is 5.43. The van der Waals surface area contributed by atoms with Crippen LogP contribution in [-0.2, 0) is 14.2 Å². The Labute approximate surface area is 94.8 Å². The first-order valence-corrected chi connectivity index (χ1v) is 5.34. The van der Waals surface area contributed by atoms with E-state index in [-0.39, 0.29) is 0 Å². The zero-order chi connectivity index (χ0) is 11.6. The minimum Gasteiger partial charge on any atom is -0.324 e. The number of ether oxygens (including phenoxy) is 3. The zero-order valence-corrected chi connectivity index (χ0v) is 9.91. The van der Waals surface area contributed by atoms with Crippen LogP contribution in [0.1, 0.15) is 0 Å². The van der Waals surface area contributed by atoms with E-state index in [0.717, 1.165) is 0 Å². The average molecular weight is 225 g/mol. The van der Waals surface area contributed by atoms with E-state index in [0.29, 0.717) is 25.9 Å². The topological polar surface area (TPSA) is 27.7 Å². The second-order valence-electron chi connectivity index (χ2n) is 2.66. The normalized spacial score (nSPS) is 11.0. The molecule has 0 unspecified atom stereocenters. The lowest BCUT2D eigenvalue weighted by Crippen LogP contribution is -2.39. The maximum atomic E-state index is 5.43. The van der Waals surface area contributed by atoms with Crippen LogP contribution < -0.4 is 0 Å². The van der Waals surface area contributed by atoms with Gasteiger partial charge in [-0.25, -0.2) is 0 Å². The fourth-order valence-corrected chi connectivity index (χ4v) is 1.14. The largest absolute Gasteiger partial charge is 0.324 e. The van der Waals surface area contributed by atoms with E-state index in [1.807, 2.05) is 0 Å². The Hall–Kier alpha value is -0.683. The first kappa shape index (κ1) is 14.3. The van der Waals surface area contributed by atoms with Crippen LogP contribution in [0.3, 0.4) is 0 Å². The van der Waals surface area contributed by atoms with Crippen molar-refractivity contribution in [2.45, 2.75) is 12.0 Å². The van der Waals surface area contributed by atoms with Crippen LogP contribution in [0.2, 0.25) is 6.04 Å². The van der Waals surface area contributed by atoms with Crippen molar-refractivity contribution in [1.29, 1.82) is 0 Å². The lowest BCUT2D eigenvalue weighted by Gasteiger charge is -2.31. The molecule has 0 rings (SSSR count). The van der Waals surface area contributed by atoms with E-state index >= 15 is 0 Å². The van der Waals surface area contributed by atoms with Gasteiger partial charge in [-0.1, -0.05) is 18.2 Å². The molecule has 0 saturated carbocycles. The van der Waals surface area contributed by atoms with Crippen LogP contribution in [0.5, 0.6) is 0 Å². The summed E-state index contributed by atoms with van der Waals surface area (Å²) in [4.78, 5) is 0. The molecule has 83 valence electrons. The third-order valence-corrected chi connectivity index (χ3v) is 1.91. The lowest BCUT2D eigenvalue weighted by molar-refractivity contribution is -0.358. The highest BCUT2D eigenvalue weighted by Crippen LogP contribution is 2.19. The van der Waals surface area contributed by atoms with Crippen LogP contribution in [-0.4, -0.2) is 36.0 Å². The number of hydrogen-bond donors (Lipinski definition) is 0. The van der Waals surface area contributed by atoms with Crippen molar-refractivity contribution in [3.05, 3.63) is 38.0 Å². The second kappa shape index (κ2) is 8.61. The Kier molecular flexibility index (Phi) is 8.22. The van der Waals surface area contributed by atoms with Gasteiger partial charge in [-0.15, -0.1) is 19.7 Å². The van der Waals surface area contributed by atoms with Crippen molar-refractivity contribution in [3.63, 3.8) is 0 Å². The molecular formula is C11H17O3Si. The Morgan fingerprint density at radius 1 is 0.867 bits per heavy atom. The van der Waals surface area contributed by atoms with Crippen molar-refractivity contribution in [3.8, 4) is 0 Å². The van der Waals surface area contributed by atoms with Crippen molar-refractivity contribution in [1.82, 2.24) is 0 Å². The predicted octanol–water partition coefficient (Wildman–Crippen LogP) is 1.83. The highest BCUT2D eigenvalue weighted by atomic mass is 28.1. The highest BCUT2D eigenvalue weighted by molar-refractivity contribution is 6.09. The summed E-state index contributed by atoms with van der Waals surface area (Å²) >= 11 is 0. The van der Waals surface area contributed by atoms with Gasteiger partial charge in [0.25, 0.3) is 5.97 Å². The maximum Gasteiger partial charge on any atom is 0.280 e. The summed E-state index contributed by atoms with van der Waals surface area (Å²) in [6, 6.07) is 0.391. The van der Waals surface area contributed by atoms with E-state index in [1.165, 1.54) is 0 Å². The zero-order valence-electron chi connectivity index (χ0n) is 8.91. The molecule has 0 heterocycles. The second-order valence-corrected chi connectivity index (χ2v) is 3.01. The molecule has 0 amide bonds. The van der Waals surface area contributed by atoms with Crippen LogP contribution in [0, 0.1) is 0 Å². The van der Waals surface area contributed by atoms with Crippen LogP contribution in [0.4, 0.5) is 0 Å². The van der Waals surface area contributed by atoms with Gasteiger partial charge in [-0.05, 0) is 0 Å². The van der Waals surface area contributed by atoms with Gasteiger partial charge in [-0.3, -0.25) is 0 Å². The summed E-state index contributed by atoms with van der Waals surface area (Å²) in [6.45, 7) is 11.7. The highest BCUT2D eigenvalue weighted by Gasteiger charge is 2.30. The van der Waals surface area contributed by atoms with Gasteiger partial charge < -0.3 is 14.2 Å². The van der Waals surface area contributed by atoms with Gasteiger partial charge in [0, 0.05) is 16.3 Å². The fraction of sp³-hybridized carbons (Fsp3) is 0.455. The van der Waals surface area contributed by atoms with Gasteiger partial charge in [0.1, 0.15) is 0 Å². The smallest absolute Gasteiger partial charge is 0.280 e. The van der Waals surface area contributed by atoms with Crippen LogP contribution in [0.25, 0.3) is 0 Å². The molecular weight excluding hydrogens is 208 g/mol. The Bertz CT molecular complexity index is 173.